The zero-order valence-electron chi connectivity index (χ0n) is 10.6. The average Bonchev–Trinajstić information content (AvgIpc) is 2.41. The number of hydrogen-bond donors (Lipinski definition) is 2. The quantitative estimate of drug-likeness (QED) is 0.714. The topological polar surface area (TPSA) is 41.5 Å². The van der Waals surface area contributed by atoms with Crippen LogP contribution in [0.15, 0.2) is 39.3 Å². The molecule has 0 spiro atoms. The van der Waals surface area contributed by atoms with Gasteiger partial charge in [0.15, 0.2) is 11.5 Å². The van der Waals surface area contributed by atoms with Gasteiger partial charge in [-0.15, -0.1) is 0 Å². The lowest BCUT2D eigenvalue weighted by atomic mass is 10.2. The molecule has 0 aliphatic heterocycles. The highest BCUT2D eigenvalue weighted by Crippen LogP contribution is 2.35. The number of aromatic hydroxyl groups is 1. The average molecular weight is 422 g/mol. The molecule has 2 aromatic rings. The number of methoxy groups -OCH3 is 1. The summed E-state index contributed by atoms with van der Waals surface area (Å²) in [6, 6.07) is 9.18. The van der Waals surface area contributed by atoms with E-state index in [9.17, 15) is 5.11 Å². The van der Waals surface area contributed by atoms with Gasteiger partial charge in [0, 0.05) is 21.7 Å². The smallest absolute Gasteiger partial charge is 0.172 e. The summed E-state index contributed by atoms with van der Waals surface area (Å²) in [6.07, 6.45) is 0. The predicted octanol–water partition coefficient (Wildman–Crippen LogP) is 5.19. The van der Waals surface area contributed by atoms with Crippen molar-refractivity contribution >= 4 is 49.1 Å². The van der Waals surface area contributed by atoms with Gasteiger partial charge >= 0.3 is 0 Å². The molecule has 0 saturated heterocycles. The van der Waals surface area contributed by atoms with E-state index in [-0.39, 0.29) is 5.75 Å². The van der Waals surface area contributed by atoms with Gasteiger partial charge in [-0.25, -0.2) is 0 Å². The summed E-state index contributed by atoms with van der Waals surface area (Å²) in [5.74, 6) is 0.537. The number of nitrogens with one attached hydrogen (secondary N) is 1. The van der Waals surface area contributed by atoms with E-state index in [2.05, 4.69) is 37.2 Å². The van der Waals surface area contributed by atoms with Crippen LogP contribution in [0.3, 0.4) is 0 Å². The molecule has 2 N–H and O–H groups in total. The Balaban J connectivity index is 2.16. The zero-order valence-corrected chi connectivity index (χ0v) is 14.5. The van der Waals surface area contributed by atoms with Crippen molar-refractivity contribution in [1.29, 1.82) is 0 Å². The molecule has 0 atom stereocenters. The second-order valence-electron chi connectivity index (χ2n) is 4.11. The van der Waals surface area contributed by atoms with E-state index in [0.29, 0.717) is 21.8 Å². The Morgan fingerprint density at radius 2 is 1.95 bits per heavy atom. The van der Waals surface area contributed by atoms with Crippen molar-refractivity contribution in [3.8, 4) is 11.5 Å². The van der Waals surface area contributed by atoms with Gasteiger partial charge in [-0.2, -0.15) is 0 Å². The summed E-state index contributed by atoms with van der Waals surface area (Å²) in [7, 11) is 1.52. The van der Waals surface area contributed by atoms with Crippen molar-refractivity contribution in [3.05, 3.63) is 49.9 Å². The van der Waals surface area contributed by atoms with Gasteiger partial charge in [-0.3, -0.25) is 0 Å². The Kier molecular flexibility index (Phi) is 5.18. The van der Waals surface area contributed by atoms with Crippen molar-refractivity contribution in [2.75, 3.05) is 12.4 Å². The molecule has 0 amide bonds. The van der Waals surface area contributed by atoms with Crippen LogP contribution in [-0.2, 0) is 6.54 Å². The predicted molar refractivity (Wildman–Crippen MR) is 88.8 cm³/mol. The minimum atomic E-state index is 0.101. The molecule has 0 radical (unpaired) electrons. The third kappa shape index (κ3) is 3.59. The zero-order chi connectivity index (χ0) is 14.7. The highest BCUT2D eigenvalue weighted by Gasteiger charge is 2.09. The largest absolute Gasteiger partial charge is 0.503 e. The number of halogens is 3. The van der Waals surface area contributed by atoms with E-state index >= 15 is 0 Å². The third-order valence-corrected chi connectivity index (χ3v) is 4.22. The van der Waals surface area contributed by atoms with E-state index in [0.717, 1.165) is 15.7 Å². The molecule has 0 saturated carbocycles. The molecule has 0 bridgehead atoms. The summed E-state index contributed by atoms with van der Waals surface area (Å²) in [5.41, 5.74) is 1.92. The first-order valence-electron chi connectivity index (χ1n) is 5.75. The maximum Gasteiger partial charge on any atom is 0.172 e. The highest BCUT2D eigenvalue weighted by atomic mass is 79.9. The van der Waals surface area contributed by atoms with E-state index in [1.807, 2.05) is 24.3 Å². The standard InChI is InChI=1S/C14H12Br2ClNO2/c1-20-13-5-8(4-11(16)14(13)19)7-18-12-3-2-9(17)6-10(12)15/h2-6,18-19H,7H2,1H3. The summed E-state index contributed by atoms with van der Waals surface area (Å²) >= 11 is 12.7. The van der Waals surface area contributed by atoms with Crippen LogP contribution < -0.4 is 10.1 Å². The Morgan fingerprint density at radius 1 is 1.20 bits per heavy atom. The summed E-state index contributed by atoms with van der Waals surface area (Å²) < 4.78 is 6.62. The van der Waals surface area contributed by atoms with Crippen LogP contribution in [0.2, 0.25) is 5.02 Å². The normalized spacial score (nSPS) is 10.4. The number of rotatable bonds is 4. The molecule has 20 heavy (non-hydrogen) atoms. The molecular formula is C14H12Br2ClNO2. The Bertz CT molecular complexity index is 635. The molecule has 6 heteroatoms. The molecule has 0 unspecified atom stereocenters. The Hall–Kier alpha value is -0.910. The number of ether oxygens (including phenoxy) is 1. The molecule has 0 heterocycles. The second kappa shape index (κ2) is 6.70. The van der Waals surface area contributed by atoms with Crippen LogP contribution >= 0.6 is 43.5 Å². The van der Waals surface area contributed by atoms with Gasteiger partial charge in [0.25, 0.3) is 0 Å². The highest BCUT2D eigenvalue weighted by molar-refractivity contribution is 9.11. The first-order chi connectivity index (χ1) is 9.51. The molecule has 0 aromatic heterocycles. The van der Waals surface area contributed by atoms with E-state index in [1.165, 1.54) is 7.11 Å². The lowest BCUT2D eigenvalue weighted by molar-refractivity contribution is 0.371. The number of phenols is 1. The number of phenolic OH excluding ortho intramolecular Hbond substituents is 1. The van der Waals surface area contributed by atoms with Crippen LogP contribution in [0.5, 0.6) is 11.5 Å². The maximum atomic E-state index is 9.77. The van der Waals surface area contributed by atoms with Gasteiger partial charge in [-0.05, 0) is 67.8 Å². The van der Waals surface area contributed by atoms with Crippen LogP contribution in [0.4, 0.5) is 5.69 Å². The fourth-order valence-electron chi connectivity index (χ4n) is 1.72. The second-order valence-corrected chi connectivity index (χ2v) is 6.25. The van der Waals surface area contributed by atoms with E-state index in [1.54, 1.807) is 6.07 Å². The van der Waals surface area contributed by atoms with Gasteiger partial charge in [0.05, 0.1) is 11.6 Å². The van der Waals surface area contributed by atoms with Crippen molar-refractivity contribution < 1.29 is 9.84 Å². The SMILES string of the molecule is COc1cc(CNc2ccc(Cl)cc2Br)cc(Br)c1O. The number of anilines is 1. The lowest BCUT2D eigenvalue weighted by Gasteiger charge is -2.12. The number of benzene rings is 2. The van der Waals surface area contributed by atoms with Gasteiger partial charge in [-0.1, -0.05) is 11.6 Å². The van der Waals surface area contributed by atoms with Crippen molar-refractivity contribution in [1.82, 2.24) is 0 Å². The fourth-order valence-corrected chi connectivity index (χ4v) is 3.03. The Labute approximate surface area is 139 Å². The molecular weight excluding hydrogens is 409 g/mol. The minimum Gasteiger partial charge on any atom is -0.503 e. The first kappa shape index (κ1) is 15.5. The van der Waals surface area contributed by atoms with Crippen molar-refractivity contribution in [3.63, 3.8) is 0 Å². The van der Waals surface area contributed by atoms with Crippen LogP contribution in [-0.4, -0.2) is 12.2 Å². The molecule has 106 valence electrons. The van der Waals surface area contributed by atoms with E-state index < -0.39 is 0 Å². The molecule has 0 aliphatic carbocycles. The van der Waals surface area contributed by atoms with Crippen molar-refractivity contribution in [2.45, 2.75) is 6.54 Å². The summed E-state index contributed by atoms with van der Waals surface area (Å²) in [4.78, 5) is 0. The van der Waals surface area contributed by atoms with Crippen LogP contribution in [0, 0.1) is 0 Å². The minimum absolute atomic E-state index is 0.101. The molecule has 2 rings (SSSR count). The van der Waals surface area contributed by atoms with Crippen molar-refractivity contribution in [2.24, 2.45) is 0 Å². The molecule has 2 aromatic carbocycles. The fraction of sp³-hybridized carbons (Fsp3) is 0.143. The van der Waals surface area contributed by atoms with Crippen LogP contribution in [0.25, 0.3) is 0 Å². The molecule has 0 aliphatic rings. The van der Waals surface area contributed by atoms with Gasteiger partial charge in [0.1, 0.15) is 0 Å². The lowest BCUT2D eigenvalue weighted by Crippen LogP contribution is -2.00. The number of hydrogen-bond acceptors (Lipinski definition) is 3. The molecule has 0 fully saturated rings. The monoisotopic (exact) mass is 419 g/mol. The first-order valence-corrected chi connectivity index (χ1v) is 7.72. The summed E-state index contributed by atoms with van der Waals surface area (Å²) in [5, 5.41) is 13.7. The van der Waals surface area contributed by atoms with Gasteiger partial charge in [0.2, 0.25) is 0 Å². The van der Waals surface area contributed by atoms with E-state index in [4.69, 9.17) is 16.3 Å². The van der Waals surface area contributed by atoms with Crippen LogP contribution in [0.1, 0.15) is 5.56 Å². The third-order valence-electron chi connectivity index (χ3n) is 2.72. The molecule has 3 nitrogen and oxygen atoms in total. The van der Waals surface area contributed by atoms with Gasteiger partial charge < -0.3 is 15.2 Å². The summed E-state index contributed by atoms with van der Waals surface area (Å²) in [6.45, 7) is 0.593. The maximum absolute atomic E-state index is 9.77. The Morgan fingerprint density at radius 3 is 2.60 bits per heavy atom.